The molecule has 1 aliphatic carbocycles. The molecule has 0 radical (unpaired) electrons. The summed E-state index contributed by atoms with van der Waals surface area (Å²) in [6.07, 6.45) is 3.95. The zero-order chi connectivity index (χ0) is 14.1. The van der Waals surface area contributed by atoms with Crippen molar-refractivity contribution in [2.24, 2.45) is 0 Å². The molecule has 0 heterocycles. The van der Waals surface area contributed by atoms with Gasteiger partial charge in [0, 0.05) is 19.1 Å². The van der Waals surface area contributed by atoms with E-state index < -0.39 is 0 Å². The molecule has 1 aliphatic rings. The third kappa shape index (κ3) is 6.25. The van der Waals surface area contributed by atoms with Gasteiger partial charge in [-0.05, 0) is 45.8 Å². The second-order valence-corrected chi connectivity index (χ2v) is 5.12. The molecule has 1 amide bonds. The summed E-state index contributed by atoms with van der Waals surface area (Å²) in [7, 11) is 1.99. The van der Waals surface area contributed by atoms with E-state index in [1.165, 1.54) is 0 Å². The van der Waals surface area contributed by atoms with Crippen LogP contribution in [0.4, 0.5) is 4.79 Å². The van der Waals surface area contributed by atoms with Gasteiger partial charge >= 0.3 is 6.09 Å². The van der Waals surface area contributed by atoms with Crippen molar-refractivity contribution in [3.63, 3.8) is 0 Å². The van der Waals surface area contributed by atoms with Gasteiger partial charge in [0.2, 0.25) is 0 Å². The quantitative estimate of drug-likeness (QED) is 0.738. The van der Waals surface area contributed by atoms with Crippen LogP contribution < -0.4 is 10.6 Å². The van der Waals surface area contributed by atoms with E-state index in [1.807, 2.05) is 7.05 Å². The fraction of sp³-hybridized carbons (Fsp3) is 0.929. The van der Waals surface area contributed by atoms with Gasteiger partial charge in [-0.2, -0.15) is 0 Å². The molecule has 19 heavy (non-hydrogen) atoms. The summed E-state index contributed by atoms with van der Waals surface area (Å²) < 4.78 is 5.44. The Bertz CT molecular complexity index is 249. The number of carbonyl (C=O) groups is 1. The normalized spacial score (nSPS) is 23.4. The average Bonchev–Trinajstić information content (AvgIpc) is 2.44. The Hall–Kier alpha value is -0.810. The standard InChI is InChI=1S/C14H29N3O2/c1-4-17(5-2)11-10-16-14(18)19-13-8-6-12(15-3)7-9-13/h12-13,15H,4-11H2,1-3H3,(H,16,18). The van der Waals surface area contributed by atoms with E-state index in [0.29, 0.717) is 12.6 Å². The minimum Gasteiger partial charge on any atom is -0.446 e. The second-order valence-electron chi connectivity index (χ2n) is 5.12. The highest BCUT2D eigenvalue weighted by molar-refractivity contribution is 5.67. The molecule has 0 bridgehead atoms. The largest absolute Gasteiger partial charge is 0.446 e. The maximum atomic E-state index is 11.7. The summed E-state index contributed by atoms with van der Waals surface area (Å²) >= 11 is 0. The van der Waals surface area contributed by atoms with E-state index in [4.69, 9.17) is 4.74 Å². The predicted octanol–water partition coefficient (Wildman–Crippen LogP) is 1.58. The first kappa shape index (κ1) is 16.2. The lowest BCUT2D eigenvalue weighted by Crippen LogP contribution is -2.38. The molecule has 1 rings (SSSR count). The van der Waals surface area contributed by atoms with Gasteiger partial charge < -0.3 is 20.3 Å². The monoisotopic (exact) mass is 271 g/mol. The van der Waals surface area contributed by atoms with E-state index in [9.17, 15) is 4.79 Å². The maximum absolute atomic E-state index is 11.7. The highest BCUT2D eigenvalue weighted by Crippen LogP contribution is 2.20. The lowest BCUT2D eigenvalue weighted by Gasteiger charge is -2.28. The summed E-state index contributed by atoms with van der Waals surface area (Å²) in [5.41, 5.74) is 0. The van der Waals surface area contributed by atoms with Crippen LogP contribution in [0.15, 0.2) is 0 Å². The smallest absolute Gasteiger partial charge is 0.407 e. The lowest BCUT2D eigenvalue weighted by atomic mass is 9.93. The van der Waals surface area contributed by atoms with Crippen LogP contribution in [0.1, 0.15) is 39.5 Å². The predicted molar refractivity (Wildman–Crippen MR) is 77.4 cm³/mol. The number of hydrogen-bond donors (Lipinski definition) is 2. The number of alkyl carbamates (subject to hydrolysis) is 1. The lowest BCUT2D eigenvalue weighted by molar-refractivity contribution is 0.0690. The van der Waals surface area contributed by atoms with Crippen molar-refractivity contribution in [2.75, 3.05) is 33.2 Å². The zero-order valence-electron chi connectivity index (χ0n) is 12.6. The molecule has 0 aromatic rings. The zero-order valence-corrected chi connectivity index (χ0v) is 12.6. The number of nitrogens with one attached hydrogen (secondary N) is 2. The van der Waals surface area contributed by atoms with E-state index in [0.717, 1.165) is 45.3 Å². The minimum atomic E-state index is -0.264. The van der Waals surface area contributed by atoms with E-state index in [1.54, 1.807) is 0 Å². The van der Waals surface area contributed by atoms with E-state index in [2.05, 4.69) is 29.4 Å². The molecule has 0 aromatic heterocycles. The maximum Gasteiger partial charge on any atom is 0.407 e. The Morgan fingerprint density at radius 1 is 1.21 bits per heavy atom. The van der Waals surface area contributed by atoms with Gasteiger partial charge in [0.05, 0.1) is 0 Å². The summed E-state index contributed by atoms with van der Waals surface area (Å²) in [6.45, 7) is 7.83. The molecule has 0 unspecified atom stereocenters. The van der Waals surface area contributed by atoms with Crippen LogP contribution in [-0.4, -0.2) is 56.4 Å². The number of hydrogen-bond acceptors (Lipinski definition) is 4. The molecule has 0 atom stereocenters. The third-order valence-electron chi connectivity index (χ3n) is 3.95. The molecule has 5 nitrogen and oxygen atoms in total. The second kappa shape index (κ2) is 9.15. The molecule has 0 spiro atoms. The fourth-order valence-electron chi connectivity index (χ4n) is 2.52. The summed E-state index contributed by atoms with van der Waals surface area (Å²) in [6, 6.07) is 0.588. The fourth-order valence-corrected chi connectivity index (χ4v) is 2.52. The van der Waals surface area contributed by atoms with Gasteiger partial charge in [-0.15, -0.1) is 0 Å². The van der Waals surface area contributed by atoms with Gasteiger partial charge in [-0.1, -0.05) is 13.8 Å². The molecule has 1 saturated carbocycles. The molecular weight excluding hydrogens is 242 g/mol. The summed E-state index contributed by atoms with van der Waals surface area (Å²) in [4.78, 5) is 13.9. The Labute approximate surface area is 117 Å². The molecule has 1 fully saturated rings. The third-order valence-corrected chi connectivity index (χ3v) is 3.95. The van der Waals surface area contributed by atoms with E-state index in [-0.39, 0.29) is 12.2 Å². The Morgan fingerprint density at radius 2 is 1.84 bits per heavy atom. The van der Waals surface area contributed by atoms with Gasteiger partial charge in [0.25, 0.3) is 0 Å². The topological polar surface area (TPSA) is 53.6 Å². The van der Waals surface area contributed by atoms with Crippen LogP contribution in [-0.2, 0) is 4.74 Å². The summed E-state index contributed by atoms with van der Waals surface area (Å²) in [5.74, 6) is 0. The number of rotatable bonds is 7. The number of amides is 1. The van der Waals surface area contributed by atoms with Crippen LogP contribution in [0.3, 0.4) is 0 Å². The minimum absolute atomic E-state index is 0.0954. The molecule has 5 heteroatoms. The van der Waals surface area contributed by atoms with Crippen LogP contribution in [0.5, 0.6) is 0 Å². The van der Waals surface area contributed by atoms with Gasteiger partial charge in [-0.3, -0.25) is 0 Å². The van der Waals surface area contributed by atoms with Crippen LogP contribution in [0.2, 0.25) is 0 Å². The Morgan fingerprint density at radius 3 is 2.37 bits per heavy atom. The SMILES string of the molecule is CCN(CC)CCNC(=O)OC1CCC(NC)CC1. The van der Waals surface area contributed by atoms with Crippen molar-refractivity contribution >= 4 is 6.09 Å². The molecule has 0 aromatic carbocycles. The molecule has 0 saturated heterocycles. The van der Waals surface area contributed by atoms with Gasteiger partial charge in [0.1, 0.15) is 6.10 Å². The van der Waals surface area contributed by atoms with Crippen molar-refractivity contribution in [3.8, 4) is 0 Å². The molecule has 2 N–H and O–H groups in total. The number of nitrogens with zero attached hydrogens (tertiary/aromatic N) is 1. The molecule has 0 aliphatic heterocycles. The first-order valence-electron chi connectivity index (χ1n) is 7.53. The van der Waals surface area contributed by atoms with Crippen molar-refractivity contribution in [1.82, 2.24) is 15.5 Å². The van der Waals surface area contributed by atoms with E-state index >= 15 is 0 Å². The van der Waals surface area contributed by atoms with Crippen molar-refractivity contribution in [1.29, 1.82) is 0 Å². The van der Waals surface area contributed by atoms with Crippen LogP contribution in [0, 0.1) is 0 Å². The van der Waals surface area contributed by atoms with Crippen molar-refractivity contribution in [3.05, 3.63) is 0 Å². The molecule has 112 valence electrons. The van der Waals surface area contributed by atoms with Crippen LogP contribution in [0.25, 0.3) is 0 Å². The van der Waals surface area contributed by atoms with Crippen molar-refractivity contribution in [2.45, 2.75) is 51.7 Å². The van der Waals surface area contributed by atoms with Gasteiger partial charge in [-0.25, -0.2) is 4.79 Å². The highest BCUT2D eigenvalue weighted by Gasteiger charge is 2.22. The average molecular weight is 271 g/mol. The Balaban J connectivity index is 2.11. The van der Waals surface area contributed by atoms with Crippen LogP contribution >= 0.6 is 0 Å². The van der Waals surface area contributed by atoms with Crippen molar-refractivity contribution < 1.29 is 9.53 Å². The van der Waals surface area contributed by atoms with Gasteiger partial charge in [0.15, 0.2) is 0 Å². The number of likely N-dealkylation sites (N-methyl/N-ethyl adjacent to an activating group) is 1. The first-order chi connectivity index (χ1) is 9.19. The summed E-state index contributed by atoms with van der Waals surface area (Å²) in [5, 5.41) is 6.11. The number of carbonyl (C=O) groups excluding carboxylic acids is 1. The molecular formula is C14H29N3O2. The Kier molecular flexibility index (Phi) is 7.82. The number of ether oxygens (including phenoxy) is 1. The highest BCUT2D eigenvalue weighted by atomic mass is 16.6. The first-order valence-corrected chi connectivity index (χ1v) is 7.53.